The number of rotatable bonds is 3. The van der Waals surface area contributed by atoms with Gasteiger partial charge < -0.3 is 9.64 Å². The highest BCUT2D eigenvalue weighted by atomic mass is 16.5. The summed E-state index contributed by atoms with van der Waals surface area (Å²) in [6.07, 6.45) is 2.22. The second kappa shape index (κ2) is 6.48. The van der Waals surface area contributed by atoms with E-state index in [1.165, 1.54) is 16.8 Å². The van der Waals surface area contributed by atoms with Crippen molar-refractivity contribution in [2.24, 2.45) is 0 Å². The summed E-state index contributed by atoms with van der Waals surface area (Å²) < 4.78 is 6.18. The molecule has 25 heavy (non-hydrogen) atoms. The van der Waals surface area contributed by atoms with Gasteiger partial charge in [0.15, 0.2) is 0 Å². The molecule has 1 heterocycles. The molecular weight excluding hydrogens is 306 g/mol. The molecule has 4 rings (SSSR count). The number of allylic oxidation sites excluding steroid dienone is 1. The van der Waals surface area contributed by atoms with Crippen LogP contribution in [0.15, 0.2) is 84.9 Å². The van der Waals surface area contributed by atoms with Crippen molar-refractivity contribution in [1.29, 1.82) is 0 Å². The molecule has 3 aromatic rings. The molecule has 0 saturated heterocycles. The van der Waals surface area contributed by atoms with Crippen molar-refractivity contribution in [2.75, 3.05) is 19.0 Å². The molecule has 0 spiro atoms. The Hall–Kier alpha value is -3.00. The van der Waals surface area contributed by atoms with Gasteiger partial charge in [-0.2, -0.15) is 0 Å². The van der Waals surface area contributed by atoms with Crippen molar-refractivity contribution in [2.45, 2.75) is 5.92 Å². The quantitative estimate of drug-likeness (QED) is 0.646. The zero-order valence-electron chi connectivity index (χ0n) is 14.5. The zero-order chi connectivity index (χ0) is 17.2. The van der Waals surface area contributed by atoms with Crippen LogP contribution in [0.5, 0.6) is 5.75 Å². The SMILES string of the molecule is CN(C)c1ccc([C@@H]2C=C(c3ccccc3)Oc3ccccc32)cc1. The fourth-order valence-electron chi connectivity index (χ4n) is 3.24. The lowest BCUT2D eigenvalue weighted by molar-refractivity contribution is 0.492. The van der Waals surface area contributed by atoms with E-state index in [1.807, 2.05) is 30.3 Å². The lowest BCUT2D eigenvalue weighted by Gasteiger charge is -2.26. The van der Waals surface area contributed by atoms with E-state index in [1.54, 1.807) is 0 Å². The van der Waals surface area contributed by atoms with E-state index in [2.05, 4.69) is 73.6 Å². The van der Waals surface area contributed by atoms with Crippen LogP contribution >= 0.6 is 0 Å². The number of ether oxygens (including phenoxy) is 1. The average molecular weight is 327 g/mol. The third kappa shape index (κ3) is 3.03. The van der Waals surface area contributed by atoms with E-state index in [9.17, 15) is 0 Å². The number of para-hydroxylation sites is 1. The van der Waals surface area contributed by atoms with Gasteiger partial charge in [0.2, 0.25) is 0 Å². The standard InChI is InChI=1S/C23H21NO/c1-24(2)19-14-12-17(13-15-19)21-16-23(18-8-4-3-5-9-18)25-22-11-7-6-10-20(21)22/h3-16,21H,1-2H3/t21-/m0/s1. The minimum atomic E-state index is 0.191. The molecule has 1 aliphatic rings. The minimum Gasteiger partial charge on any atom is -0.457 e. The first kappa shape index (κ1) is 15.5. The molecule has 0 bridgehead atoms. The van der Waals surface area contributed by atoms with Gasteiger partial charge in [-0.3, -0.25) is 0 Å². The zero-order valence-corrected chi connectivity index (χ0v) is 14.5. The van der Waals surface area contributed by atoms with Gasteiger partial charge >= 0.3 is 0 Å². The highest BCUT2D eigenvalue weighted by Gasteiger charge is 2.23. The summed E-state index contributed by atoms with van der Waals surface area (Å²) in [5.41, 5.74) is 4.79. The van der Waals surface area contributed by atoms with E-state index >= 15 is 0 Å². The Bertz CT molecular complexity index is 895. The molecule has 0 N–H and O–H groups in total. The van der Waals surface area contributed by atoms with Gasteiger partial charge in [-0.25, -0.2) is 0 Å². The number of fused-ring (bicyclic) bond motifs is 1. The summed E-state index contributed by atoms with van der Waals surface area (Å²) in [6, 6.07) is 27.3. The fraction of sp³-hybridized carbons (Fsp3) is 0.130. The third-order valence-electron chi connectivity index (χ3n) is 4.62. The van der Waals surface area contributed by atoms with Crippen LogP contribution in [0.1, 0.15) is 22.6 Å². The second-order valence-electron chi connectivity index (χ2n) is 6.50. The van der Waals surface area contributed by atoms with E-state index in [4.69, 9.17) is 4.74 Å². The summed E-state index contributed by atoms with van der Waals surface area (Å²) >= 11 is 0. The molecule has 0 aliphatic carbocycles. The molecule has 0 unspecified atom stereocenters. The number of benzene rings is 3. The van der Waals surface area contributed by atoms with Crippen LogP contribution in [0.2, 0.25) is 0 Å². The minimum absolute atomic E-state index is 0.191. The molecule has 0 fully saturated rings. The van der Waals surface area contributed by atoms with Crippen LogP contribution in [0, 0.1) is 0 Å². The maximum Gasteiger partial charge on any atom is 0.131 e. The molecule has 0 amide bonds. The Kier molecular flexibility index (Phi) is 4.02. The summed E-state index contributed by atoms with van der Waals surface area (Å²) in [4.78, 5) is 2.12. The van der Waals surface area contributed by atoms with Crippen LogP contribution in [-0.2, 0) is 0 Å². The highest BCUT2D eigenvalue weighted by molar-refractivity contribution is 5.68. The van der Waals surface area contributed by atoms with Crippen molar-refractivity contribution in [3.05, 3.63) is 102 Å². The van der Waals surface area contributed by atoms with Crippen molar-refractivity contribution < 1.29 is 4.74 Å². The molecule has 0 aromatic heterocycles. The van der Waals surface area contributed by atoms with Gasteiger partial charge in [-0.1, -0.05) is 60.7 Å². The average Bonchev–Trinajstić information content (AvgIpc) is 2.68. The Morgan fingerprint density at radius 2 is 1.44 bits per heavy atom. The fourth-order valence-corrected chi connectivity index (χ4v) is 3.24. The van der Waals surface area contributed by atoms with Gasteiger partial charge in [0.25, 0.3) is 0 Å². The summed E-state index contributed by atoms with van der Waals surface area (Å²) in [5.74, 6) is 2.04. The Morgan fingerprint density at radius 3 is 2.16 bits per heavy atom. The smallest absolute Gasteiger partial charge is 0.131 e. The molecule has 1 aliphatic heterocycles. The van der Waals surface area contributed by atoms with Gasteiger partial charge in [-0.15, -0.1) is 0 Å². The molecule has 0 saturated carbocycles. The molecule has 2 nitrogen and oxygen atoms in total. The molecular formula is C23H21NO. The lowest BCUT2D eigenvalue weighted by Crippen LogP contribution is -2.11. The van der Waals surface area contributed by atoms with Crippen molar-refractivity contribution in [1.82, 2.24) is 0 Å². The first-order valence-corrected chi connectivity index (χ1v) is 8.54. The van der Waals surface area contributed by atoms with E-state index in [-0.39, 0.29) is 5.92 Å². The van der Waals surface area contributed by atoms with Crippen molar-refractivity contribution >= 4 is 11.4 Å². The van der Waals surface area contributed by atoms with Gasteiger partial charge in [0.1, 0.15) is 11.5 Å². The van der Waals surface area contributed by atoms with Gasteiger partial charge in [0, 0.05) is 36.8 Å². The summed E-state index contributed by atoms with van der Waals surface area (Å²) in [6.45, 7) is 0. The number of nitrogens with zero attached hydrogens (tertiary/aromatic N) is 1. The van der Waals surface area contributed by atoms with Crippen molar-refractivity contribution in [3.63, 3.8) is 0 Å². The highest BCUT2D eigenvalue weighted by Crippen LogP contribution is 2.40. The van der Waals surface area contributed by atoms with Crippen LogP contribution in [0.25, 0.3) is 5.76 Å². The molecule has 2 heteroatoms. The Labute approximate surface area is 149 Å². The largest absolute Gasteiger partial charge is 0.457 e. The Morgan fingerprint density at radius 1 is 0.760 bits per heavy atom. The summed E-state index contributed by atoms with van der Waals surface area (Å²) in [7, 11) is 4.12. The van der Waals surface area contributed by atoms with E-state index < -0.39 is 0 Å². The topological polar surface area (TPSA) is 12.5 Å². The molecule has 0 radical (unpaired) electrons. The first-order valence-electron chi connectivity index (χ1n) is 8.54. The molecule has 3 aromatic carbocycles. The normalized spacial score (nSPS) is 15.8. The maximum absolute atomic E-state index is 6.18. The third-order valence-corrected chi connectivity index (χ3v) is 4.62. The predicted octanol–water partition coefficient (Wildman–Crippen LogP) is 5.32. The Balaban J connectivity index is 1.79. The maximum atomic E-state index is 6.18. The first-order chi connectivity index (χ1) is 12.2. The van der Waals surface area contributed by atoms with Crippen LogP contribution in [0.3, 0.4) is 0 Å². The van der Waals surface area contributed by atoms with Gasteiger partial charge in [0.05, 0.1) is 0 Å². The van der Waals surface area contributed by atoms with E-state index in [0.29, 0.717) is 0 Å². The van der Waals surface area contributed by atoms with Crippen LogP contribution < -0.4 is 9.64 Å². The molecule has 1 atom stereocenters. The lowest BCUT2D eigenvalue weighted by atomic mass is 9.87. The summed E-state index contributed by atoms with van der Waals surface area (Å²) in [5, 5.41) is 0. The monoisotopic (exact) mass is 327 g/mol. The number of hydrogen-bond acceptors (Lipinski definition) is 2. The van der Waals surface area contributed by atoms with Crippen molar-refractivity contribution in [3.8, 4) is 5.75 Å². The predicted molar refractivity (Wildman–Crippen MR) is 104 cm³/mol. The van der Waals surface area contributed by atoms with Crippen LogP contribution in [-0.4, -0.2) is 14.1 Å². The van der Waals surface area contributed by atoms with Crippen LogP contribution in [0.4, 0.5) is 5.69 Å². The van der Waals surface area contributed by atoms with Gasteiger partial charge in [-0.05, 0) is 29.8 Å². The number of anilines is 1. The second-order valence-corrected chi connectivity index (χ2v) is 6.50. The van der Waals surface area contributed by atoms with E-state index in [0.717, 1.165) is 17.1 Å². The molecule has 124 valence electrons. The number of hydrogen-bond donors (Lipinski definition) is 0.